The third-order valence-corrected chi connectivity index (χ3v) is 5.27. The van der Waals surface area contributed by atoms with E-state index in [1.165, 1.54) is 5.56 Å². The Morgan fingerprint density at radius 3 is 2.14 bits per heavy atom. The minimum absolute atomic E-state index is 0.0891. The summed E-state index contributed by atoms with van der Waals surface area (Å²) in [6, 6.07) is 10.5. The van der Waals surface area contributed by atoms with Gasteiger partial charge in [-0.3, -0.25) is 0 Å². The van der Waals surface area contributed by atoms with Crippen LogP contribution in [0.4, 0.5) is 0 Å². The van der Waals surface area contributed by atoms with E-state index >= 15 is 0 Å². The van der Waals surface area contributed by atoms with Gasteiger partial charge in [-0.1, -0.05) is 65.8 Å². The summed E-state index contributed by atoms with van der Waals surface area (Å²) in [4.78, 5) is 12.6. The summed E-state index contributed by atoms with van der Waals surface area (Å²) < 4.78 is 7.06. The summed E-state index contributed by atoms with van der Waals surface area (Å²) >= 11 is 0. The monoisotopic (exact) mass is 382 g/mol. The largest absolute Gasteiger partial charge is 0.461 e. The van der Waals surface area contributed by atoms with Crippen molar-refractivity contribution in [2.45, 2.75) is 66.7 Å². The summed E-state index contributed by atoms with van der Waals surface area (Å²) in [6.07, 6.45) is 1.71. The van der Waals surface area contributed by atoms with Gasteiger partial charge in [-0.05, 0) is 36.3 Å². The number of hydrogen-bond donors (Lipinski definition) is 0. The molecule has 0 aliphatic heterocycles. The van der Waals surface area contributed by atoms with Crippen molar-refractivity contribution in [3.63, 3.8) is 0 Å². The Morgan fingerprint density at radius 1 is 1.14 bits per heavy atom. The fraction of sp³-hybridized carbons (Fsp3) is 0.500. The second-order valence-corrected chi connectivity index (χ2v) is 7.10. The molecule has 0 saturated heterocycles. The molecular formula is C24H34N2O2. The van der Waals surface area contributed by atoms with Gasteiger partial charge in [0, 0.05) is 18.3 Å². The molecule has 0 spiro atoms. The van der Waals surface area contributed by atoms with Gasteiger partial charge < -0.3 is 9.30 Å². The van der Waals surface area contributed by atoms with E-state index in [0.29, 0.717) is 29.8 Å². The number of nitrogens with zero attached hydrogens (tertiary/aromatic N) is 2. The number of aromatic nitrogens is 1. The number of carbonyl (C=O) groups excluding carboxylic acids is 1. The fourth-order valence-corrected chi connectivity index (χ4v) is 3.28. The molecule has 0 aliphatic rings. The van der Waals surface area contributed by atoms with E-state index in [2.05, 4.69) is 39.0 Å². The van der Waals surface area contributed by atoms with Crippen LogP contribution in [0.5, 0.6) is 0 Å². The third-order valence-electron chi connectivity index (χ3n) is 5.27. The first-order valence-corrected chi connectivity index (χ1v) is 10.2. The van der Waals surface area contributed by atoms with Crippen molar-refractivity contribution in [1.29, 1.82) is 5.26 Å². The highest BCUT2D eigenvalue weighted by Gasteiger charge is 2.27. The Hall–Kier alpha value is -2.54. The van der Waals surface area contributed by atoms with Crippen molar-refractivity contribution in [2.24, 2.45) is 7.05 Å². The van der Waals surface area contributed by atoms with E-state index < -0.39 is 0 Å². The van der Waals surface area contributed by atoms with Gasteiger partial charge in [0.15, 0.2) is 0 Å². The van der Waals surface area contributed by atoms with Crippen LogP contribution in [-0.2, 0) is 23.6 Å². The van der Waals surface area contributed by atoms with Gasteiger partial charge in [0.2, 0.25) is 0 Å². The Kier molecular flexibility index (Phi) is 8.50. The quantitative estimate of drug-likeness (QED) is 0.574. The average Bonchev–Trinajstić information content (AvgIpc) is 3.01. The maximum absolute atomic E-state index is 12.6. The highest BCUT2D eigenvalue weighted by Crippen LogP contribution is 2.35. The molecule has 4 nitrogen and oxygen atoms in total. The maximum Gasteiger partial charge on any atom is 0.355 e. The van der Waals surface area contributed by atoms with E-state index in [-0.39, 0.29) is 11.4 Å². The van der Waals surface area contributed by atoms with Crippen LogP contribution in [0.15, 0.2) is 24.3 Å². The Morgan fingerprint density at radius 2 is 1.71 bits per heavy atom. The molecule has 0 radical (unpaired) electrons. The Bertz CT molecular complexity index is 837. The average molecular weight is 383 g/mol. The highest BCUT2D eigenvalue weighted by atomic mass is 16.5. The molecular weight excluding hydrogens is 348 g/mol. The molecule has 0 N–H and O–H groups in total. The molecule has 28 heavy (non-hydrogen) atoms. The van der Waals surface area contributed by atoms with Crippen molar-refractivity contribution < 1.29 is 9.53 Å². The Balaban J connectivity index is 0.00000190. The second kappa shape index (κ2) is 10.1. The lowest BCUT2D eigenvalue weighted by Crippen LogP contribution is -2.15. The van der Waals surface area contributed by atoms with Crippen LogP contribution < -0.4 is 0 Å². The summed E-state index contributed by atoms with van der Waals surface area (Å²) in [6.45, 7) is 14.7. The molecule has 2 rings (SSSR count). The van der Waals surface area contributed by atoms with Crippen LogP contribution in [0.1, 0.15) is 82.2 Å². The molecule has 0 aliphatic carbocycles. The minimum Gasteiger partial charge on any atom is -0.461 e. The van der Waals surface area contributed by atoms with Crippen molar-refractivity contribution in [3.8, 4) is 17.2 Å². The molecule has 0 unspecified atom stereocenters. The standard InChI is InChI=1S/C22H28N2O2.C2H6/c1-7-18-17(14-23)19(20(24(18)6)21(25)26-9-3)15-10-12-16(13-11-15)22(4,5)8-2;1-2/h10-13H,7-9H2,1-6H3;1-2H3. The smallest absolute Gasteiger partial charge is 0.355 e. The lowest BCUT2D eigenvalue weighted by Gasteiger charge is -2.23. The van der Waals surface area contributed by atoms with Gasteiger partial charge in [0.25, 0.3) is 0 Å². The van der Waals surface area contributed by atoms with Crippen molar-refractivity contribution >= 4 is 5.97 Å². The first-order chi connectivity index (χ1) is 13.3. The first kappa shape index (κ1) is 23.5. The molecule has 1 aromatic carbocycles. The van der Waals surface area contributed by atoms with Crippen molar-refractivity contribution in [2.75, 3.05) is 6.61 Å². The van der Waals surface area contributed by atoms with Crippen molar-refractivity contribution in [3.05, 3.63) is 46.8 Å². The molecule has 1 aromatic heterocycles. The van der Waals surface area contributed by atoms with Crippen molar-refractivity contribution in [1.82, 2.24) is 4.57 Å². The molecule has 2 aromatic rings. The predicted molar refractivity (Wildman–Crippen MR) is 116 cm³/mol. The topological polar surface area (TPSA) is 55.0 Å². The first-order valence-electron chi connectivity index (χ1n) is 10.2. The number of hydrogen-bond acceptors (Lipinski definition) is 3. The van der Waals surface area contributed by atoms with Gasteiger partial charge >= 0.3 is 5.97 Å². The number of carbonyl (C=O) groups is 1. The molecule has 4 heteroatoms. The Labute approximate surface area is 170 Å². The van der Waals surface area contributed by atoms with Crippen LogP contribution in [0.25, 0.3) is 11.1 Å². The predicted octanol–water partition coefficient (Wildman–Crippen LogP) is 6.02. The molecule has 0 atom stereocenters. The van der Waals surface area contributed by atoms with Crippen LogP contribution in [0.3, 0.4) is 0 Å². The maximum atomic E-state index is 12.6. The summed E-state index contributed by atoms with van der Waals surface area (Å²) in [5, 5.41) is 9.75. The van der Waals surface area contributed by atoms with Crippen LogP contribution in [0, 0.1) is 11.3 Å². The SMILES string of the molecule is CC.CCOC(=O)c1c(-c2ccc(C(C)(C)CC)cc2)c(C#N)c(CC)n1C. The molecule has 152 valence electrons. The summed E-state index contributed by atoms with van der Waals surface area (Å²) in [5.41, 5.74) is 4.73. The lowest BCUT2D eigenvalue weighted by molar-refractivity contribution is 0.0516. The number of rotatable bonds is 6. The zero-order valence-electron chi connectivity index (χ0n) is 18.6. The lowest BCUT2D eigenvalue weighted by atomic mass is 9.81. The molecule has 0 amide bonds. The number of benzene rings is 1. The summed E-state index contributed by atoms with van der Waals surface area (Å²) in [5.74, 6) is -0.390. The molecule has 1 heterocycles. The number of ether oxygens (including phenoxy) is 1. The van der Waals surface area contributed by atoms with Crippen LogP contribution >= 0.6 is 0 Å². The zero-order valence-corrected chi connectivity index (χ0v) is 18.6. The second-order valence-electron chi connectivity index (χ2n) is 7.10. The van der Waals surface area contributed by atoms with E-state index in [0.717, 1.165) is 17.7 Å². The zero-order chi connectivity index (χ0) is 21.5. The van der Waals surface area contributed by atoms with E-state index in [4.69, 9.17) is 4.74 Å². The molecule has 0 fully saturated rings. The van der Waals surface area contributed by atoms with Gasteiger partial charge in [0.1, 0.15) is 11.8 Å². The number of esters is 1. The van der Waals surface area contributed by atoms with Crippen LogP contribution in [0.2, 0.25) is 0 Å². The van der Waals surface area contributed by atoms with E-state index in [1.807, 2.05) is 40.0 Å². The molecule has 0 saturated carbocycles. The third kappa shape index (κ3) is 4.47. The summed E-state index contributed by atoms with van der Waals surface area (Å²) in [7, 11) is 1.82. The van der Waals surface area contributed by atoms with Gasteiger partial charge in [-0.15, -0.1) is 0 Å². The molecule has 0 bridgehead atoms. The van der Waals surface area contributed by atoms with Gasteiger partial charge in [0.05, 0.1) is 12.2 Å². The normalized spacial score (nSPS) is 10.7. The van der Waals surface area contributed by atoms with E-state index in [9.17, 15) is 10.1 Å². The number of nitriles is 1. The fourth-order valence-electron chi connectivity index (χ4n) is 3.28. The van der Waals surface area contributed by atoms with Gasteiger partial charge in [-0.25, -0.2) is 4.79 Å². The van der Waals surface area contributed by atoms with Gasteiger partial charge in [-0.2, -0.15) is 5.26 Å². The van der Waals surface area contributed by atoms with E-state index in [1.54, 1.807) is 11.5 Å². The van der Waals surface area contributed by atoms with Crippen LogP contribution in [-0.4, -0.2) is 17.1 Å². The highest BCUT2D eigenvalue weighted by molar-refractivity contribution is 5.98. The minimum atomic E-state index is -0.390.